The zero-order valence-electron chi connectivity index (χ0n) is 17.8. The Morgan fingerprint density at radius 3 is 2.67 bits per heavy atom. The van der Waals surface area contributed by atoms with Crippen LogP contribution in [0.25, 0.3) is 15.7 Å². The van der Waals surface area contributed by atoms with Crippen LogP contribution in [-0.2, 0) is 9.53 Å². The van der Waals surface area contributed by atoms with Crippen molar-refractivity contribution >= 4 is 44.2 Å². The van der Waals surface area contributed by atoms with E-state index < -0.39 is 0 Å². The van der Waals surface area contributed by atoms with E-state index in [0.717, 1.165) is 45.1 Å². The van der Waals surface area contributed by atoms with Crippen LogP contribution >= 0.6 is 11.8 Å². The van der Waals surface area contributed by atoms with E-state index in [2.05, 4.69) is 39.4 Å². The maximum absolute atomic E-state index is 12.7. The van der Waals surface area contributed by atoms with Gasteiger partial charge < -0.3 is 10.1 Å². The van der Waals surface area contributed by atoms with Gasteiger partial charge in [0.25, 0.3) is 0 Å². The number of rotatable bonds is 6. The lowest BCUT2D eigenvalue weighted by atomic mass is 10.1. The maximum atomic E-state index is 12.7. The number of aliphatic imine (C=N–C) groups is 1. The Morgan fingerprint density at radius 2 is 1.97 bits per heavy atom. The first-order chi connectivity index (χ1) is 14.3. The Kier molecular flexibility index (Phi) is 7.42. The number of pyridine rings is 1. The highest BCUT2D eigenvalue weighted by Gasteiger charge is 2.23. The smallest absolute Gasteiger partial charge is 0.242 e. The quantitative estimate of drug-likeness (QED) is 0.544. The largest absolute Gasteiger partial charge is 0.379 e. The average molecular weight is 425 g/mol. The average Bonchev–Trinajstić information content (AvgIpc) is 2.72. The fraction of sp³-hybridized carbons (Fsp3) is 0.348. The van der Waals surface area contributed by atoms with Gasteiger partial charge in [0.05, 0.1) is 24.3 Å². The van der Waals surface area contributed by atoms with Crippen molar-refractivity contribution in [2.24, 2.45) is 4.99 Å². The molecule has 0 bridgehead atoms. The Bertz CT molecular complexity index is 996. The van der Waals surface area contributed by atoms with Gasteiger partial charge in [-0.05, 0) is 43.9 Å². The number of thioether (sulfide) groups is 1. The summed E-state index contributed by atoms with van der Waals surface area (Å²) in [5, 5.41) is 5.84. The van der Waals surface area contributed by atoms with Crippen molar-refractivity contribution in [3.8, 4) is 0 Å². The predicted molar refractivity (Wildman–Crippen MR) is 127 cm³/mol. The molecule has 2 aromatic rings. The predicted octanol–water partition coefficient (Wildman–Crippen LogP) is 4.55. The molecule has 0 radical (unpaired) electrons. The number of aromatic nitrogens is 1. The van der Waals surface area contributed by atoms with Crippen LogP contribution in [0.4, 0.5) is 5.82 Å². The van der Waals surface area contributed by atoms with Gasteiger partial charge >= 0.3 is 0 Å². The lowest BCUT2D eigenvalue weighted by Gasteiger charge is -2.31. The minimum absolute atomic E-state index is 0.0634. The fourth-order valence-electron chi connectivity index (χ4n) is 3.27. The van der Waals surface area contributed by atoms with E-state index in [9.17, 15) is 4.79 Å². The standard InChI is InChI=1S/C23H28N4O2S/c1-15(2)25-18(5)30-17(4)19-6-7-20-14-24-22(13-21(20)12-19)26-23(28)16(3)27-8-10-29-11-9-27/h6-7,12-14,16H,1,4,8-11H2,2-3,5H3,(H,24,26,28)/t16-/m0/s1. The molecule has 6 nitrogen and oxygen atoms in total. The number of carbonyl (C=O) groups is 1. The van der Waals surface area contributed by atoms with E-state index in [1.165, 1.54) is 11.8 Å². The summed E-state index contributed by atoms with van der Waals surface area (Å²) in [4.78, 5) is 24.4. The van der Waals surface area contributed by atoms with Crippen LogP contribution in [0.2, 0.25) is 0 Å². The monoisotopic (exact) mass is 424 g/mol. The van der Waals surface area contributed by atoms with Crippen LogP contribution in [0.15, 0.2) is 54.3 Å². The molecule has 1 aliphatic heterocycles. The third kappa shape index (κ3) is 5.78. The highest BCUT2D eigenvalue weighted by molar-refractivity contribution is 8.21. The van der Waals surface area contributed by atoms with Crippen molar-refractivity contribution in [2.45, 2.75) is 26.8 Å². The molecule has 7 heteroatoms. The number of benzene rings is 1. The first-order valence-electron chi connectivity index (χ1n) is 9.94. The van der Waals surface area contributed by atoms with E-state index in [1.807, 2.05) is 39.0 Å². The number of ether oxygens (including phenoxy) is 1. The van der Waals surface area contributed by atoms with Gasteiger partial charge in [-0.3, -0.25) is 14.7 Å². The summed E-state index contributed by atoms with van der Waals surface area (Å²) in [5.74, 6) is 0.481. The van der Waals surface area contributed by atoms with Gasteiger partial charge in [0.15, 0.2) is 0 Å². The maximum Gasteiger partial charge on any atom is 0.242 e. The summed E-state index contributed by atoms with van der Waals surface area (Å²) in [6.07, 6.45) is 1.78. The van der Waals surface area contributed by atoms with Crippen molar-refractivity contribution in [1.82, 2.24) is 9.88 Å². The molecule has 0 spiro atoms. The second-order valence-corrected chi connectivity index (χ2v) is 8.62. The molecule has 1 amide bonds. The highest BCUT2D eigenvalue weighted by Crippen LogP contribution is 2.30. The van der Waals surface area contributed by atoms with Gasteiger partial charge in [-0.15, -0.1) is 0 Å². The number of hydrogen-bond donors (Lipinski definition) is 1. The summed E-state index contributed by atoms with van der Waals surface area (Å²) < 4.78 is 5.36. The Balaban J connectivity index is 1.73. The first kappa shape index (κ1) is 22.2. The lowest BCUT2D eigenvalue weighted by molar-refractivity contribution is -0.122. The molecule has 2 heterocycles. The van der Waals surface area contributed by atoms with Crippen molar-refractivity contribution < 1.29 is 9.53 Å². The molecular formula is C23H28N4O2S. The Hall–Kier alpha value is -2.48. The number of amides is 1. The Morgan fingerprint density at radius 1 is 1.23 bits per heavy atom. The van der Waals surface area contributed by atoms with Crippen molar-refractivity contribution in [1.29, 1.82) is 0 Å². The molecule has 1 N–H and O–H groups in total. The summed E-state index contributed by atoms with van der Waals surface area (Å²) in [7, 11) is 0. The molecule has 0 aliphatic carbocycles. The summed E-state index contributed by atoms with van der Waals surface area (Å²) in [6.45, 7) is 16.6. The molecular weight excluding hydrogens is 396 g/mol. The number of carbonyl (C=O) groups excluding carboxylic acids is 1. The zero-order valence-corrected chi connectivity index (χ0v) is 18.6. The first-order valence-corrected chi connectivity index (χ1v) is 10.8. The summed E-state index contributed by atoms with van der Waals surface area (Å²) >= 11 is 1.52. The van der Waals surface area contributed by atoms with Gasteiger partial charge in [-0.2, -0.15) is 0 Å². The van der Waals surface area contributed by atoms with Gasteiger partial charge in [0.2, 0.25) is 5.91 Å². The van der Waals surface area contributed by atoms with Crippen molar-refractivity contribution in [3.05, 3.63) is 54.9 Å². The van der Waals surface area contributed by atoms with Crippen LogP contribution in [0.3, 0.4) is 0 Å². The number of allylic oxidation sites excluding steroid dienone is 1. The summed E-state index contributed by atoms with van der Waals surface area (Å²) in [6, 6.07) is 7.75. The molecule has 1 fully saturated rings. The van der Waals surface area contributed by atoms with Gasteiger partial charge in [-0.1, -0.05) is 37.1 Å². The molecule has 0 unspecified atom stereocenters. The second kappa shape index (κ2) is 10.0. The van der Waals surface area contributed by atoms with Gasteiger partial charge in [0.1, 0.15) is 5.82 Å². The number of nitrogens with one attached hydrogen (secondary N) is 1. The molecule has 0 saturated carbocycles. The Labute approximate surface area is 182 Å². The minimum Gasteiger partial charge on any atom is -0.379 e. The van der Waals surface area contributed by atoms with Crippen LogP contribution < -0.4 is 5.32 Å². The fourth-order valence-corrected chi connectivity index (χ4v) is 4.08. The SMILES string of the molecule is C=C(C)N=C(C)SC(=C)c1ccc2cnc(NC(=O)[C@H](C)N3CCOCC3)cc2c1. The van der Waals surface area contributed by atoms with E-state index in [1.54, 1.807) is 6.20 Å². The van der Waals surface area contributed by atoms with Crippen molar-refractivity contribution in [3.63, 3.8) is 0 Å². The molecule has 1 saturated heterocycles. The molecule has 1 atom stereocenters. The van der Waals surface area contributed by atoms with Crippen LogP contribution in [0.5, 0.6) is 0 Å². The third-order valence-electron chi connectivity index (χ3n) is 4.89. The number of nitrogens with zero attached hydrogens (tertiary/aromatic N) is 3. The van der Waals surface area contributed by atoms with E-state index in [4.69, 9.17) is 4.74 Å². The molecule has 1 aromatic carbocycles. The number of anilines is 1. The number of morpholine rings is 1. The zero-order chi connectivity index (χ0) is 21.7. The molecule has 1 aromatic heterocycles. The van der Waals surface area contributed by atoms with E-state index in [0.29, 0.717) is 19.0 Å². The molecule has 1 aliphatic rings. The minimum atomic E-state index is -0.232. The van der Waals surface area contributed by atoms with Crippen molar-refractivity contribution in [2.75, 3.05) is 31.6 Å². The van der Waals surface area contributed by atoms with E-state index >= 15 is 0 Å². The van der Waals surface area contributed by atoms with E-state index in [-0.39, 0.29) is 11.9 Å². The van der Waals surface area contributed by atoms with Crippen LogP contribution in [-0.4, -0.2) is 53.2 Å². The van der Waals surface area contributed by atoms with Crippen LogP contribution in [0.1, 0.15) is 26.3 Å². The number of hydrogen-bond acceptors (Lipinski definition) is 6. The molecule has 30 heavy (non-hydrogen) atoms. The number of fused-ring (bicyclic) bond motifs is 1. The topological polar surface area (TPSA) is 66.8 Å². The summed E-state index contributed by atoms with van der Waals surface area (Å²) in [5.41, 5.74) is 1.78. The normalized spacial score (nSPS) is 16.3. The molecule has 158 valence electrons. The van der Waals surface area contributed by atoms with Gasteiger partial charge in [0, 0.05) is 35.3 Å². The second-order valence-electron chi connectivity index (χ2n) is 7.34. The van der Waals surface area contributed by atoms with Crippen LogP contribution in [0, 0.1) is 0 Å². The van der Waals surface area contributed by atoms with Gasteiger partial charge in [-0.25, -0.2) is 4.98 Å². The highest BCUT2D eigenvalue weighted by atomic mass is 32.2. The lowest BCUT2D eigenvalue weighted by Crippen LogP contribution is -2.47. The third-order valence-corrected chi connectivity index (χ3v) is 5.76. The molecule has 3 rings (SSSR count).